The van der Waals surface area contributed by atoms with E-state index in [1.165, 1.54) is 17.5 Å². The van der Waals surface area contributed by atoms with Crippen molar-refractivity contribution in [3.05, 3.63) is 59.9 Å². The van der Waals surface area contributed by atoms with Crippen LogP contribution in [0.5, 0.6) is 0 Å². The zero-order valence-electron chi connectivity index (χ0n) is 14.9. The number of nitrogens with zero attached hydrogens (tertiary/aromatic N) is 4. The second-order valence-electron chi connectivity index (χ2n) is 6.80. The average Bonchev–Trinajstić information content (AvgIpc) is 3.36. The average molecular weight is 352 g/mol. The van der Waals surface area contributed by atoms with Gasteiger partial charge in [0.05, 0.1) is 11.4 Å². The Balaban J connectivity index is 1.36. The predicted octanol–water partition coefficient (Wildman–Crippen LogP) is 2.56. The number of nitrogens with one attached hydrogen (secondary N) is 2. The predicted molar refractivity (Wildman–Crippen MR) is 97.8 cm³/mol. The Morgan fingerprint density at radius 1 is 1.35 bits per heavy atom. The first-order valence-electron chi connectivity index (χ1n) is 9.07. The van der Waals surface area contributed by atoms with Gasteiger partial charge in [-0.05, 0) is 43.0 Å². The summed E-state index contributed by atoms with van der Waals surface area (Å²) in [5.41, 5.74) is 4.59. The zero-order chi connectivity index (χ0) is 17.8. The number of aromatic nitrogens is 5. The van der Waals surface area contributed by atoms with Gasteiger partial charge in [-0.15, -0.1) is 0 Å². The molecule has 2 N–H and O–H groups in total. The molecule has 0 saturated carbocycles. The van der Waals surface area contributed by atoms with Crippen molar-refractivity contribution in [1.29, 1.82) is 0 Å². The number of H-pyrrole nitrogens is 1. The second-order valence-corrected chi connectivity index (χ2v) is 6.80. The molecule has 3 aromatic rings. The van der Waals surface area contributed by atoms with Crippen LogP contribution in [0.2, 0.25) is 0 Å². The molecule has 4 rings (SSSR count). The third kappa shape index (κ3) is 3.68. The molecule has 2 aromatic heterocycles. The molecule has 7 heteroatoms. The molecular weight excluding hydrogens is 328 g/mol. The minimum absolute atomic E-state index is 0.107. The van der Waals surface area contributed by atoms with Crippen LogP contribution in [0.3, 0.4) is 0 Å². The monoisotopic (exact) mass is 352 g/mol. The highest BCUT2D eigenvalue weighted by Crippen LogP contribution is 2.32. The van der Waals surface area contributed by atoms with Gasteiger partial charge in [-0.3, -0.25) is 5.10 Å². The first-order valence-corrected chi connectivity index (χ1v) is 9.07. The molecule has 0 unspecified atom stereocenters. The lowest BCUT2D eigenvalue weighted by molar-refractivity contribution is -0.0303. The minimum atomic E-state index is 0.107. The van der Waals surface area contributed by atoms with E-state index in [0.717, 1.165) is 37.5 Å². The summed E-state index contributed by atoms with van der Waals surface area (Å²) in [6.07, 6.45) is 7.45. The Labute approximate surface area is 152 Å². The van der Waals surface area contributed by atoms with Crippen molar-refractivity contribution in [2.24, 2.45) is 5.92 Å². The number of rotatable bonds is 6. The molecule has 1 aliphatic rings. The Bertz CT molecular complexity index is 815. The van der Waals surface area contributed by atoms with Crippen LogP contribution in [0.4, 0.5) is 0 Å². The number of aryl methyl sites for hydroxylation is 1. The highest BCUT2D eigenvalue weighted by atomic mass is 16.5. The summed E-state index contributed by atoms with van der Waals surface area (Å²) in [6.45, 7) is 4.69. The lowest BCUT2D eigenvalue weighted by Gasteiger charge is -2.31. The van der Waals surface area contributed by atoms with Crippen LogP contribution in [0, 0.1) is 12.8 Å². The Morgan fingerprint density at radius 3 is 3.08 bits per heavy atom. The number of hydrogen-bond acceptors (Lipinski definition) is 5. The van der Waals surface area contributed by atoms with Gasteiger partial charge < -0.3 is 10.1 Å². The normalized spacial score (nSPS) is 20.3. The van der Waals surface area contributed by atoms with E-state index in [1.54, 1.807) is 23.5 Å². The van der Waals surface area contributed by atoms with Gasteiger partial charge in [-0.2, -0.15) is 10.2 Å². The van der Waals surface area contributed by atoms with E-state index in [2.05, 4.69) is 50.7 Å². The molecule has 3 heterocycles. The van der Waals surface area contributed by atoms with Gasteiger partial charge in [0.15, 0.2) is 0 Å². The molecule has 0 bridgehead atoms. The van der Waals surface area contributed by atoms with Crippen molar-refractivity contribution in [1.82, 2.24) is 30.3 Å². The second kappa shape index (κ2) is 7.80. The molecule has 0 radical (unpaired) electrons. The topological polar surface area (TPSA) is 80.6 Å². The van der Waals surface area contributed by atoms with Gasteiger partial charge in [0.2, 0.25) is 0 Å². The molecule has 0 aliphatic carbocycles. The summed E-state index contributed by atoms with van der Waals surface area (Å²) in [5, 5.41) is 14.9. The molecule has 0 amide bonds. The van der Waals surface area contributed by atoms with Gasteiger partial charge >= 0.3 is 0 Å². The SMILES string of the molecule is Cc1cc(CNC[C@@H]2CCCO[C@H]2c2ccn[nH]2)ccc1-n1cncn1. The number of hydrogen-bond donors (Lipinski definition) is 2. The van der Waals surface area contributed by atoms with Crippen molar-refractivity contribution < 1.29 is 4.74 Å². The van der Waals surface area contributed by atoms with Gasteiger partial charge in [0, 0.05) is 31.8 Å². The molecule has 0 spiro atoms. The summed E-state index contributed by atoms with van der Waals surface area (Å²) < 4.78 is 7.78. The van der Waals surface area contributed by atoms with Crippen LogP contribution in [0.25, 0.3) is 5.69 Å². The molecule has 136 valence electrons. The fourth-order valence-electron chi connectivity index (χ4n) is 3.64. The van der Waals surface area contributed by atoms with Crippen molar-refractivity contribution in [3.63, 3.8) is 0 Å². The maximum absolute atomic E-state index is 5.99. The number of benzene rings is 1. The van der Waals surface area contributed by atoms with E-state index in [0.29, 0.717) is 5.92 Å². The van der Waals surface area contributed by atoms with Crippen LogP contribution in [0.1, 0.15) is 35.8 Å². The molecule has 1 saturated heterocycles. The lowest BCUT2D eigenvalue weighted by atomic mass is 9.92. The maximum atomic E-state index is 5.99. The molecular formula is C19H24N6O. The third-order valence-electron chi connectivity index (χ3n) is 4.94. The van der Waals surface area contributed by atoms with Gasteiger partial charge in [-0.25, -0.2) is 9.67 Å². The van der Waals surface area contributed by atoms with Crippen molar-refractivity contribution >= 4 is 0 Å². The quantitative estimate of drug-likeness (QED) is 0.713. The summed E-state index contributed by atoms with van der Waals surface area (Å²) in [7, 11) is 0. The Kier molecular flexibility index (Phi) is 5.08. The van der Waals surface area contributed by atoms with Gasteiger partial charge in [0.1, 0.15) is 18.8 Å². The minimum Gasteiger partial charge on any atom is -0.372 e. The van der Waals surface area contributed by atoms with Crippen LogP contribution >= 0.6 is 0 Å². The zero-order valence-corrected chi connectivity index (χ0v) is 14.9. The molecule has 26 heavy (non-hydrogen) atoms. The third-order valence-corrected chi connectivity index (χ3v) is 4.94. The van der Waals surface area contributed by atoms with Crippen molar-refractivity contribution in [3.8, 4) is 5.69 Å². The number of ether oxygens (including phenoxy) is 1. The van der Waals surface area contributed by atoms with Crippen LogP contribution in [0.15, 0.2) is 43.1 Å². The Hall–Kier alpha value is -2.51. The summed E-state index contributed by atoms with van der Waals surface area (Å²) >= 11 is 0. The van der Waals surface area contributed by atoms with E-state index < -0.39 is 0 Å². The number of aromatic amines is 1. The van der Waals surface area contributed by atoms with E-state index in [-0.39, 0.29) is 6.10 Å². The Morgan fingerprint density at radius 2 is 2.31 bits per heavy atom. The first-order chi connectivity index (χ1) is 12.8. The van der Waals surface area contributed by atoms with Crippen LogP contribution in [-0.2, 0) is 11.3 Å². The summed E-state index contributed by atoms with van der Waals surface area (Å²) in [6, 6.07) is 8.45. The summed E-state index contributed by atoms with van der Waals surface area (Å²) in [5.74, 6) is 0.458. The van der Waals surface area contributed by atoms with E-state index in [4.69, 9.17) is 4.74 Å². The largest absolute Gasteiger partial charge is 0.372 e. The molecule has 7 nitrogen and oxygen atoms in total. The standard InChI is InChI=1S/C19H24N6O/c1-14-9-15(4-5-18(14)25-13-21-12-23-25)10-20-11-16-3-2-8-26-19(16)17-6-7-22-24-17/h4-7,9,12-13,16,19-20H,2-3,8,10-11H2,1H3,(H,22,24)/t16-,19+/m0/s1. The van der Waals surface area contributed by atoms with E-state index >= 15 is 0 Å². The molecule has 2 atom stereocenters. The molecule has 1 aromatic carbocycles. The fraction of sp³-hybridized carbons (Fsp3) is 0.421. The van der Waals surface area contributed by atoms with E-state index in [1.807, 2.05) is 6.07 Å². The highest BCUT2D eigenvalue weighted by molar-refractivity contribution is 5.41. The molecule has 1 fully saturated rings. The molecule has 1 aliphatic heterocycles. The fourth-order valence-corrected chi connectivity index (χ4v) is 3.64. The van der Waals surface area contributed by atoms with Gasteiger partial charge in [-0.1, -0.05) is 12.1 Å². The summed E-state index contributed by atoms with van der Waals surface area (Å²) in [4.78, 5) is 4.01. The lowest BCUT2D eigenvalue weighted by Crippen LogP contribution is -2.32. The van der Waals surface area contributed by atoms with Crippen molar-refractivity contribution in [2.45, 2.75) is 32.4 Å². The van der Waals surface area contributed by atoms with Crippen LogP contribution in [-0.4, -0.2) is 38.1 Å². The van der Waals surface area contributed by atoms with Crippen LogP contribution < -0.4 is 5.32 Å². The highest BCUT2D eigenvalue weighted by Gasteiger charge is 2.28. The first kappa shape index (κ1) is 16.9. The maximum Gasteiger partial charge on any atom is 0.138 e. The van der Waals surface area contributed by atoms with Gasteiger partial charge in [0.25, 0.3) is 0 Å². The van der Waals surface area contributed by atoms with Crippen molar-refractivity contribution in [2.75, 3.05) is 13.2 Å². The smallest absolute Gasteiger partial charge is 0.138 e. The van der Waals surface area contributed by atoms with E-state index in [9.17, 15) is 0 Å².